The molecule has 0 unspecified atom stereocenters. The zero-order valence-electron chi connectivity index (χ0n) is 16.5. The molecule has 4 aromatic rings. The van der Waals surface area contributed by atoms with Crippen LogP contribution in [0.5, 0.6) is 0 Å². The fourth-order valence-corrected chi connectivity index (χ4v) is 4.79. The lowest BCUT2D eigenvalue weighted by Gasteiger charge is -2.23. The Morgan fingerprint density at radius 2 is 1.90 bits per heavy atom. The summed E-state index contributed by atoms with van der Waals surface area (Å²) >= 11 is 3.41. The molecule has 2 aromatic carbocycles. The third kappa shape index (κ3) is 4.90. The summed E-state index contributed by atoms with van der Waals surface area (Å²) in [5.74, 6) is 0.00153. The Morgan fingerprint density at radius 1 is 1.10 bits per heavy atom. The van der Waals surface area contributed by atoms with Gasteiger partial charge in [0.2, 0.25) is 5.91 Å². The molecule has 1 amide bonds. The topological polar surface area (TPSA) is 45.2 Å². The van der Waals surface area contributed by atoms with Crippen LogP contribution in [0.1, 0.15) is 23.1 Å². The molecule has 1 N–H and O–H groups in total. The summed E-state index contributed by atoms with van der Waals surface area (Å²) in [7, 11) is 1.98. The van der Waals surface area contributed by atoms with Crippen molar-refractivity contribution >= 4 is 44.5 Å². The van der Waals surface area contributed by atoms with Crippen LogP contribution in [0, 0.1) is 0 Å². The van der Waals surface area contributed by atoms with E-state index in [2.05, 4.69) is 45.2 Å². The van der Waals surface area contributed by atoms with Crippen LogP contribution >= 0.6 is 22.7 Å². The Labute approximate surface area is 178 Å². The molecular formula is C23H23N3OS2. The van der Waals surface area contributed by atoms with E-state index in [-0.39, 0.29) is 11.9 Å². The number of nitrogens with one attached hydrogen (secondary N) is 1. The number of hydrogen-bond acceptors (Lipinski definition) is 5. The van der Waals surface area contributed by atoms with Crippen LogP contribution < -0.4 is 5.32 Å². The number of likely N-dealkylation sites (N-methyl/N-ethyl adjacent to an activating group) is 1. The molecule has 29 heavy (non-hydrogen) atoms. The fraction of sp³-hybridized carbons (Fsp3) is 0.217. The van der Waals surface area contributed by atoms with Gasteiger partial charge >= 0.3 is 0 Å². The summed E-state index contributed by atoms with van der Waals surface area (Å²) in [6, 6.07) is 18.1. The van der Waals surface area contributed by atoms with Gasteiger partial charge in [-0.2, -0.15) is 11.3 Å². The van der Waals surface area contributed by atoms with E-state index in [9.17, 15) is 4.79 Å². The summed E-state index contributed by atoms with van der Waals surface area (Å²) in [4.78, 5) is 19.3. The predicted octanol–water partition coefficient (Wildman–Crippen LogP) is 5.41. The normalized spacial score (nSPS) is 12.4. The maximum atomic E-state index is 12.6. The van der Waals surface area contributed by atoms with Crippen LogP contribution in [-0.4, -0.2) is 28.9 Å². The average molecular weight is 422 g/mol. The summed E-state index contributed by atoms with van der Waals surface area (Å²) in [6.07, 6.45) is 0.799. The largest absolute Gasteiger partial charge is 0.325 e. The number of aromatic nitrogens is 1. The second-order valence-electron chi connectivity index (χ2n) is 7.16. The molecule has 4 nitrogen and oxygen atoms in total. The molecule has 0 saturated heterocycles. The number of carbonyl (C=O) groups is 1. The minimum absolute atomic E-state index is 0.00153. The number of anilines is 1. The molecule has 0 aliphatic heterocycles. The lowest BCUT2D eigenvalue weighted by atomic mass is 10.1. The highest BCUT2D eigenvalue weighted by Gasteiger charge is 2.18. The Kier molecular flexibility index (Phi) is 6.04. The average Bonchev–Trinajstić information content (AvgIpc) is 3.37. The zero-order valence-corrected chi connectivity index (χ0v) is 18.1. The van der Waals surface area contributed by atoms with Gasteiger partial charge in [-0.1, -0.05) is 24.3 Å². The predicted molar refractivity (Wildman–Crippen MR) is 123 cm³/mol. The second kappa shape index (κ2) is 8.86. The van der Waals surface area contributed by atoms with Crippen molar-refractivity contribution in [2.75, 3.05) is 12.4 Å². The number of fused-ring (bicyclic) bond motifs is 1. The Hall–Kier alpha value is -2.54. The number of hydrogen-bond donors (Lipinski definition) is 1. The van der Waals surface area contributed by atoms with E-state index in [4.69, 9.17) is 4.98 Å². The van der Waals surface area contributed by atoms with Crippen LogP contribution in [0.15, 0.2) is 65.4 Å². The van der Waals surface area contributed by atoms with Crippen LogP contribution in [0.3, 0.4) is 0 Å². The Morgan fingerprint density at radius 3 is 2.62 bits per heavy atom. The fourth-order valence-electron chi connectivity index (χ4n) is 3.13. The van der Waals surface area contributed by atoms with E-state index in [1.165, 1.54) is 15.8 Å². The van der Waals surface area contributed by atoms with Gasteiger partial charge < -0.3 is 5.32 Å². The maximum Gasteiger partial charge on any atom is 0.241 e. The minimum Gasteiger partial charge on any atom is -0.325 e. The van der Waals surface area contributed by atoms with Crippen molar-refractivity contribution < 1.29 is 4.79 Å². The molecule has 0 spiro atoms. The quantitative estimate of drug-likeness (QED) is 0.434. The first-order valence-electron chi connectivity index (χ1n) is 9.54. The number of amides is 1. The summed E-state index contributed by atoms with van der Waals surface area (Å²) in [5, 5.41) is 8.30. The molecule has 4 rings (SSSR count). The smallest absolute Gasteiger partial charge is 0.241 e. The van der Waals surface area contributed by atoms with Crippen LogP contribution in [0.25, 0.3) is 10.2 Å². The van der Waals surface area contributed by atoms with Gasteiger partial charge in [-0.15, -0.1) is 11.3 Å². The van der Waals surface area contributed by atoms with E-state index < -0.39 is 0 Å². The van der Waals surface area contributed by atoms with Gasteiger partial charge in [-0.05, 0) is 66.2 Å². The van der Waals surface area contributed by atoms with Crippen molar-refractivity contribution in [2.45, 2.75) is 25.9 Å². The van der Waals surface area contributed by atoms with Crippen molar-refractivity contribution in [1.29, 1.82) is 0 Å². The Bertz CT molecular complexity index is 1050. The lowest BCUT2D eigenvalue weighted by molar-refractivity contribution is -0.120. The van der Waals surface area contributed by atoms with Gasteiger partial charge in [-0.25, -0.2) is 4.98 Å². The molecule has 2 aromatic heterocycles. The first-order chi connectivity index (χ1) is 14.1. The number of nitrogens with zero attached hydrogens (tertiary/aromatic N) is 2. The molecule has 1 atom stereocenters. The molecule has 2 heterocycles. The molecule has 0 fully saturated rings. The van der Waals surface area contributed by atoms with Crippen LogP contribution in [-0.2, 0) is 17.8 Å². The van der Waals surface area contributed by atoms with Crippen molar-refractivity contribution in [2.24, 2.45) is 0 Å². The number of thiazole rings is 1. The van der Waals surface area contributed by atoms with Gasteiger partial charge in [0, 0.05) is 18.7 Å². The van der Waals surface area contributed by atoms with Crippen molar-refractivity contribution in [1.82, 2.24) is 9.88 Å². The zero-order chi connectivity index (χ0) is 20.2. The van der Waals surface area contributed by atoms with Crippen molar-refractivity contribution in [3.63, 3.8) is 0 Å². The van der Waals surface area contributed by atoms with Crippen molar-refractivity contribution in [3.05, 3.63) is 81.5 Å². The lowest BCUT2D eigenvalue weighted by Crippen LogP contribution is -2.39. The van der Waals surface area contributed by atoms with E-state index >= 15 is 0 Å². The van der Waals surface area contributed by atoms with E-state index in [0.717, 1.165) is 29.2 Å². The third-order valence-corrected chi connectivity index (χ3v) is 6.74. The number of carbonyl (C=O) groups excluding carboxylic acids is 1. The van der Waals surface area contributed by atoms with E-state index in [1.54, 1.807) is 22.7 Å². The van der Waals surface area contributed by atoms with Crippen molar-refractivity contribution in [3.8, 4) is 0 Å². The molecule has 0 radical (unpaired) electrons. The number of thiophene rings is 1. The first kappa shape index (κ1) is 19.8. The first-order valence-corrected chi connectivity index (χ1v) is 11.3. The van der Waals surface area contributed by atoms with E-state index in [1.807, 2.05) is 44.3 Å². The van der Waals surface area contributed by atoms with Gasteiger partial charge in [0.15, 0.2) is 0 Å². The monoisotopic (exact) mass is 421 g/mol. The van der Waals surface area contributed by atoms with Gasteiger partial charge in [-0.3, -0.25) is 9.69 Å². The molecule has 0 saturated carbocycles. The summed E-state index contributed by atoms with van der Waals surface area (Å²) < 4.78 is 1.21. The number of rotatable bonds is 7. The van der Waals surface area contributed by atoms with Crippen LogP contribution in [0.4, 0.5) is 5.69 Å². The van der Waals surface area contributed by atoms with Gasteiger partial charge in [0.1, 0.15) is 0 Å². The molecule has 148 valence electrons. The SMILES string of the molecule is C[C@@H](C(=O)Nc1ccc(Cc2nc3ccccc3s2)cc1)N(C)Cc1ccsc1. The third-order valence-electron chi connectivity index (χ3n) is 4.97. The Balaban J connectivity index is 1.35. The molecule has 0 bridgehead atoms. The summed E-state index contributed by atoms with van der Waals surface area (Å²) in [6.45, 7) is 2.70. The number of benzene rings is 2. The number of para-hydroxylation sites is 1. The highest BCUT2D eigenvalue weighted by atomic mass is 32.1. The summed E-state index contributed by atoms with van der Waals surface area (Å²) in [5.41, 5.74) is 4.29. The van der Waals surface area contributed by atoms with Crippen LogP contribution in [0.2, 0.25) is 0 Å². The van der Waals surface area contributed by atoms with E-state index in [0.29, 0.717) is 0 Å². The second-order valence-corrected chi connectivity index (χ2v) is 9.06. The minimum atomic E-state index is -0.211. The molecule has 0 aliphatic rings. The highest BCUT2D eigenvalue weighted by Crippen LogP contribution is 2.24. The van der Waals surface area contributed by atoms with Gasteiger partial charge in [0.25, 0.3) is 0 Å². The molecular weight excluding hydrogens is 398 g/mol. The molecule has 6 heteroatoms. The maximum absolute atomic E-state index is 12.6. The van der Waals surface area contributed by atoms with Gasteiger partial charge in [0.05, 0.1) is 21.3 Å². The standard InChI is InChI=1S/C23H23N3OS2/c1-16(26(2)14-18-11-12-28-15-18)23(27)24-19-9-7-17(8-10-19)13-22-25-20-5-3-4-6-21(20)29-22/h3-12,15-16H,13-14H2,1-2H3,(H,24,27)/t16-/m0/s1. The highest BCUT2D eigenvalue weighted by molar-refractivity contribution is 7.18. The molecule has 0 aliphatic carbocycles.